The number of halogens is 1. The minimum absolute atomic E-state index is 0.183. The van der Waals surface area contributed by atoms with Gasteiger partial charge in [-0.15, -0.1) is 0 Å². The van der Waals surface area contributed by atoms with Crippen molar-refractivity contribution in [2.75, 3.05) is 14.2 Å². The highest BCUT2D eigenvalue weighted by Crippen LogP contribution is 2.31. The number of hydrogen-bond donors (Lipinski definition) is 0. The van der Waals surface area contributed by atoms with E-state index < -0.39 is 0 Å². The average Bonchev–Trinajstić information content (AvgIpc) is 2.69. The Hall–Kier alpha value is -2.99. The Morgan fingerprint density at radius 3 is 2.29 bits per heavy atom. The Bertz CT molecular complexity index is 1160. The average molecular weight is 400 g/mol. The predicted octanol–water partition coefficient (Wildman–Crippen LogP) is 3.60. The van der Waals surface area contributed by atoms with Crippen LogP contribution in [0.5, 0.6) is 11.5 Å². The molecule has 3 rings (SSSR count). The van der Waals surface area contributed by atoms with Crippen LogP contribution in [0.4, 0.5) is 5.69 Å². The van der Waals surface area contributed by atoms with E-state index in [1.807, 2.05) is 43.3 Å². The van der Waals surface area contributed by atoms with Gasteiger partial charge in [-0.1, -0.05) is 11.6 Å². The summed E-state index contributed by atoms with van der Waals surface area (Å²) in [6, 6.07) is 12.9. The zero-order valence-corrected chi connectivity index (χ0v) is 17.2. The Morgan fingerprint density at radius 1 is 0.929 bits per heavy atom. The summed E-state index contributed by atoms with van der Waals surface area (Å²) in [6.45, 7) is 1.93. The lowest BCUT2D eigenvalue weighted by Gasteiger charge is -2.14. The van der Waals surface area contributed by atoms with Gasteiger partial charge in [0.25, 0.3) is 0 Å². The largest absolute Gasteiger partial charge is 0.493 e. The molecule has 0 bridgehead atoms. The maximum absolute atomic E-state index is 12.8. The van der Waals surface area contributed by atoms with Crippen LogP contribution in [-0.2, 0) is 14.1 Å². The summed E-state index contributed by atoms with van der Waals surface area (Å²) in [7, 11) is 6.59. The first kappa shape index (κ1) is 19.8. The second-order valence-electron chi connectivity index (χ2n) is 6.40. The number of hydrogen-bond acceptors (Lipinski definition) is 4. The summed E-state index contributed by atoms with van der Waals surface area (Å²) in [5, 5.41) is 0.649. The lowest BCUT2D eigenvalue weighted by Crippen LogP contribution is -2.37. The summed E-state index contributed by atoms with van der Waals surface area (Å²) in [5.74, 6) is 1.21. The van der Waals surface area contributed by atoms with Crippen molar-refractivity contribution in [3.63, 3.8) is 0 Å². The molecule has 0 spiro atoms. The minimum Gasteiger partial charge on any atom is -0.493 e. The van der Waals surface area contributed by atoms with E-state index in [4.69, 9.17) is 21.1 Å². The molecule has 0 saturated heterocycles. The maximum atomic E-state index is 12.8. The molecular weight excluding hydrogens is 378 g/mol. The van der Waals surface area contributed by atoms with E-state index >= 15 is 0 Å². The molecule has 1 aromatic heterocycles. The number of nitrogens with zero attached hydrogens (tertiary/aromatic N) is 3. The number of ether oxygens (including phenoxy) is 2. The summed E-state index contributed by atoms with van der Waals surface area (Å²) in [6.07, 6.45) is 0. The van der Waals surface area contributed by atoms with Crippen LogP contribution >= 0.6 is 11.6 Å². The minimum atomic E-state index is -0.183. The lowest BCUT2D eigenvalue weighted by atomic mass is 10.1. The normalized spacial score (nSPS) is 11.6. The molecule has 0 radical (unpaired) electrons. The van der Waals surface area contributed by atoms with Gasteiger partial charge in [-0.2, -0.15) is 0 Å². The third-order valence-corrected chi connectivity index (χ3v) is 4.85. The molecule has 0 unspecified atom stereocenters. The quantitative estimate of drug-likeness (QED) is 0.673. The molecule has 0 saturated carbocycles. The molecule has 146 valence electrons. The maximum Gasteiger partial charge on any atom is 0.329 e. The van der Waals surface area contributed by atoms with Crippen LogP contribution in [0.25, 0.3) is 11.3 Å². The van der Waals surface area contributed by atoms with E-state index in [1.54, 1.807) is 38.9 Å². The van der Waals surface area contributed by atoms with Crippen molar-refractivity contribution in [2.24, 2.45) is 19.1 Å². The number of rotatable bonds is 4. The van der Waals surface area contributed by atoms with Gasteiger partial charge in [0, 0.05) is 30.7 Å². The molecule has 0 aliphatic carbocycles. The zero-order chi connectivity index (χ0) is 20.4. The molecular formula is C21H22ClN3O3. The van der Waals surface area contributed by atoms with Crippen LogP contribution in [0.15, 0.2) is 52.3 Å². The van der Waals surface area contributed by atoms with Crippen LogP contribution in [0.1, 0.15) is 5.56 Å². The fourth-order valence-corrected chi connectivity index (χ4v) is 3.22. The third kappa shape index (κ3) is 3.68. The fourth-order valence-electron chi connectivity index (χ4n) is 2.99. The van der Waals surface area contributed by atoms with Crippen LogP contribution in [0.2, 0.25) is 5.02 Å². The molecule has 7 heteroatoms. The SMILES string of the molecule is COc1ccc(-c2c/c(=N/c3ccc(Cl)cc3C)n(C)c(=O)n2C)cc1OC. The standard InChI is InChI=1S/C21H22ClN3O3/c1-13-10-15(22)7-8-16(13)23-20-12-17(24(2)21(26)25(20)3)14-6-9-18(27-4)19(11-14)28-5/h6-12H,1-5H3/b23-20-. The Labute approximate surface area is 168 Å². The third-order valence-electron chi connectivity index (χ3n) is 4.62. The van der Waals surface area contributed by atoms with Gasteiger partial charge in [-0.05, 0) is 48.9 Å². The van der Waals surface area contributed by atoms with Gasteiger partial charge in [0.2, 0.25) is 0 Å². The second kappa shape index (κ2) is 7.94. The van der Waals surface area contributed by atoms with E-state index in [0.717, 1.165) is 22.5 Å². The number of aromatic nitrogens is 2. The van der Waals surface area contributed by atoms with Gasteiger partial charge in [0.05, 0.1) is 25.6 Å². The van der Waals surface area contributed by atoms with Crippen molar-refractivity contribution in [3.8, 4) is 22.8 Å². The highest BCUT2D eigenvalue weighted by molar-refractivity contribution is 6.30. The first-order chi connectivity index (χ1) is 13.3. The van der Waals surface area contributed by atoms with E-state index in [0.29, 0.717) is 22.0 Å². The summed E-state index contributed by atoms with van der Waals surface area (Å²) in [5.41, 5.74) is 3.58. The van der Waals surface area contributed by atoms with Gasteiger partial charge in [-0.25, -0.2) is 9.79 Å². The molecule has 28 heavy (non-hydrogen) atoms. The smallest absolute Gasteiger partial charge is 0.329 e. The fraction of sp³-hybridized carbons (Fsp3) is 0.238. The summed E-state index contributed by atoms with van der Waals surface area (Å²) in [4.78, 5) is 17.5. The molecule has 3 aromatic rings. The van der Waals surface area contributed by atoms with E-state index in [-0.39, 0.29) is 5.69 Å². The Balaban J connectivity index is 2.25. The van der Waals surface area contributed by atoms with Crippen molar-refractivity contribution in [3.05, 3.63) is 69.0 Å². The van der Waals surface area contributed by atoms with Crippen molar-refractivity contribution < 1.29 is 9.47 Å². The van der Waals surface area contributed by atoms with E-state index in [1.165, 1.54) is 4.57 Å². The van der Waals surface area contributed by atoms with E-state index in [9.17, 15) is 4.79 Å². The van der Waals surface area contributed by atoms with Gasteiger partial charge < -0.3 is 9.47 Å². The van der Waals surface area contributed by atoms with Crippen molar-refractivity contribution in [2.45, 2.75) is 6.92 Å². The topological polar surface area (TPSA) is 57.8 Å². The van der Waals surface area contributed by atoms with E-state index in [2.05, 4.69) is 4.99 Å². The van der Waals surface area contributed by atoms with Crippen molar-refractivity contribution in [1.29, 1.82) is 0 Å². The molecule has 1 heterocycles. The zero-order valence-electron chi connectivity index (χ0n) is 16.5. The number of benzene rings is 2. The molecule has 0 aliphatic heterocycles. The van der Waals surface area contributed by atoms with Crippen LogP contribution in [-0.4, -0.2) is 23.4 Å². The van der Waals surface area contributed by atoms with Gasteiger partial charge in [0.1, 0.15) is 5.49 Å². The highest BCUT2D eigenvalue weighted by atomic mass is 35.5. The second-order valence-corrected chi connectivity index (χ2v) is 6.84. The molecule has 0 N–H and O–H groups in total. The predicted molar refractivity (Wildman–Crippen MR) is 111 cm³/mol. The van der Waals surface area contributed by atoms with Gasteiger partial charge >= 0.3 is 5.69 Å². The van der Waals surface area contributed by atoms with Gasteiger partial charge in [0.15, 0.2) is 11.5 Å². The lowest BCUT2D eigenvalue weighted by molar-refractivity contribution is 0.355. The molecule has 0 aliphatic rings. The molecule has 2 aromatic carbocycles. The highest BCUT2D eigenvalue weighted by Gasteiger charge is 2.11. The first-order valence-electron chi connectivity index (χ1n) is 8.66. The number of methoxy groups -OCH3 is 2. The van der Waals surface area contributed by atoms with Crippen molar-refractivity contribution >= 4 is 17.3 Å². The molecule has 0 fully saturated rings. The summed E-state index contributed by atoms with van der Waals surface area (Å²) < 4.78 is 13.8. The summed E-state index contributed by atoms with van der Waals surface area (Å²) >= 11 is 6.03. The van der Waals surface area contributed by atoms with Crippen LogP contribution in [0.3, 0.4) is 0 Å². The molecule has 6 nitrogen and oxygen atoms in total. The van der Waals surface area contributed by atoms with Crippen LogP contribution in [0, 0.1) is 6.92 Å². The molecule has 0 amide bonds. The number of aryl methyl sites for hydroxylation is 1. The van der Waals surface area contributed by atoms with Crippen LogP contribution < -0.4 is 20.7 Å². The molecule has 0 atom stereocenters. The Kier molecular flexibility index (Phi) is 5.61. The first-order valence-corrected chi connectivity index (χ1v) is 9.04. The van der Waals surface area contributed by atoms with Gasteiger partial charge in [-0.3, -0.25) is 9.13 Å². The van der Waals surface area contributed by atoms with Crippen molar-refractivity contribution in [1.82, 2.24) is 9.13 Å². The Morgan fingerprint density at radius 2 is 1.64 bits per heavy atom. The monoisotopic (exact) mass is 399 g/mol.